The zero-order valence-corrected chi connectivity index (χ0v) is 13.3. The number of rotatable bonds is 9. The average Bonchev–Trinajstić information content (AvgIpc) is 2.36. The Morgan fingerprint density at radius 3 is 2.42 bits per heavy atom. The van der Waals surface area contributed by atoms with Crippen LogP contribution in [-0.4, -0.2) is 25.8 Å². The Morgan fingerprint density at radius 1 is 1.16 bits per heavy atom. The van der Waals surface area contributed by atoms with E-state index in [0.29, 0.717) is 0 Å². The third-order valence-electron chi connectivity index (χ3n) is 3.76. The van der Waals surface area contributed by atoms with E-state index in [1.807, 2.05) is 0 Å². The first-order chi connectivity index (χ1) is 8.99. The highest BCUT2D eigenvalue weighted by Crippen LogP contribution is 2.38. The maximum Gasteiger partial charge on any atom is 0.155 e. The first kappa shape index (κ1) is 16.1. The third-order valence-corrected chi connectivity index (χ3v) is 3.76. The Morgan fingerprint density at radius 2 is 1.84 bits per heavy atom. The summed E-state index contributed by atoms with van der Waals surface area (Å²) < 4.78 is 0. The van der Waals surface area contributed by atoms with Crippen LogP contribution in [0.5, 0.6) is 0 Å². The Labute approximate surface area is 120 Å². The van der Waals surface area contributed by atoms with E-state index in [0.717, 1.165) is 29.9 Å². The van der Waals surface area contributed by atoms with Crippen molar-refractivity contribution in [3.8, 4) is 0 Å². The van der Waals surface area contributed by atoms with Gasteiger partial charge in [0, 0.05) is 19.3 Å². The van der Waals surface area contributed by atoms with Crippen molar-refractivity contribution in [2.75, 3.05) is 13.6 Å². The zero-order valence-electron chi connectivity index (χ0n) is 13.3. The minimum atomic E-state index is 0.823. The van der Waals surface area contributed by atoms with Crippen LogP contribution in [-0.2, 0) is 0 Å². The third kappa shape index (κ3) is 4.30. The van der Waals surface area contributed by atoms with Crippen molar-refractivity contribution in [2.24, 2.45) is 5.92 Å². The number of nitrogens with zero attached hydrogens (tertiary/aromatic N) is 1. The van der Waals surface area contributed by atoms with E-state index in [1.54, 1.807) is 0 Å². The molecule has 0 aliphatic heterocycles. The SMILES string of the molecule is C=C1C(=C)C(N(C)CCC)=C1[B]CCCCC(C)C. The van der Waals surface area contributed by atoms with Crippen LogP contribution in [0.4, 0.5) is 0 Å². The topological polar surface area (TPSA) is 3.24 Å². The Bertz CT molecular complexity index is 365. The molecule has 0 unspecified atom stereocenters. The molecule has 0 aromatic rings. The van der Waals surface area contributed by atoms with Gasteiger partial charge < -0.3 is 4.90 Å². The molecule has 1 aliphatic rings. The molecule has 0 bridgehead atoms. The normalized spacial score (nSPS) is 15.0. The Kier molecular flexibility index (Phi) is 6.47. The monoisotopic (exact) mass is 258 g/mol. The van der Waals surface area contributed by atoms with Gasteiger partial charge in [-0.25, -0.2) is 0 Å². The van der Waals surface area contributed by atoms with E-state index in [4.69, 9.17) is 0 Å². The number of unbranched alkanes of at least 4 members (excludes halogenated alkanes) is 1. The summed E-state index contributed by atoms with van der Waals surface area (Å²) >= 11 is 0. The molecule has 0 heterocycles. The largest absolute Gasteiger partial charge is 0.375 e. The summed E-state index contributed by atoms with van der Waals surface area (Å²) in [6, 6.07) is 0. The maximum absolute atomic E-state index is 4.13. The van der Waals surface area contributed by atoms with E-state index in [-0.39, 0.29) is 0 Å². The van der Waals surface area contributed by atoms with Crippen molar-refractivity contribution in [1.29, 1.82) is 0 Å². The summed E-state index contributed by atoms with van der Waals surface area (Å²) in [5, 5.41) is 0. The standard InChI is InChI=1S/C17H29BN/c1-7-12-19(6)17-15(5)14(4)16(17)18-11-9-8-10-13(2)3/h13H,4-5,7-12H2,1-3,6H3. The van der Waals surface area contributed by atoms with Crippen LogP contribution in [0.1, 0.15) is 46.5 Å². The molecule has 19 heavy (non-hydrogen) atoms. The van der Waals surface area contributed by atoms with Crippen LogP contribution in [0.2, 0.25) is 6.32 Å². The molecule has 0 aromatic heterocycles. The molecule has 0 aromatic carbocycles. The van der Waals surface area contributed by atoms with Crippen LogP contribution in [0, 0.1) is 5.92 Å². The average molecular weight is 258 g/mol. The van der Waals surface area contributed by atoms with Crippen LogP contribution in [0.15, 0.2) is 35.5 Å². The van der Waals surface area contributed by atoms with E-state index in [2.05, 4.69) is 53.2 Å². The molecule has 0 fully saturated rings. The molecular formula is C17H29BN. The lowest BCUT2D eigenvalue weighted by molar-refractivity contribution is 0.417. The molecule has 105 valence electrons. The molecule has 0 saturated carbocycles. The lowest BCUT2D eigenvalue weighted by Gasteiger charge is -2.36. The van der Waals surface area contributed by atoms with Gasteiger partial charge in [0.05, 0.1) is 0 Å². The van der Waals surface area contributed by atoms with Crippen molar-refractivity contribution in [3.63, 3.8) is 0 Å². The van der Waals surface area contributed by atoms with Gasteiger partial charge in [0.25, 0.3) is 0 Å². The van der Waals surface area contributed by atoms with Gasteiger partial charge in [-0.05, 0) is 23.5 Å². The molecule has 0 saturated heterocycles. The summed E-state index contributed by atoms with van der Waals surface area (Å²) in [5.41, 5.74) is 4.92. The molecule has 1 rings (SSSR count). The predicted molar refractivity (Wildman–Crippen MR) is 87.5 cm³/mol. The first-order valence-corrected chi connectivity index (χ1v) is 7.66. The van der Waals surface area contributed by atoms with E-state index in [9.17, 15) is 0 Å². The fourth-order valence-electron chi connectivity index (χ4n) is 2.59. The van der Waals surface area contributed by atoms with Crippen LogP contribution < -0.4 is 0 Å². The van der Waals surface area contributed by atoms with Crippen molar-refractivity contribution < 1.29 is 0 Å². The van der Waals surface area contributed by atoms with E-state index >= 15 is 0 Å². The van der Waals surface area contributed by atoms with Crippen molar-refractivity contribution >= 4 is 7.28 Å². The highest BCUT2D eigenvalue weighted by Gasteiger charge is 2.27. The molecule has 2 heteroatoms. The van der Waals surface area contributed by atoms with Crippen LogP contribution >= 0.6 is 0 Å². The van der Waals surface area contributed by atoms with Gasteiger partial charge >= 0.3 is 0 Å². The number of hydrogen-bond acceptors (Lipinski definition) is 1. The molecule has 0 atom stereocenters. The lowest BCUT2D eigenvalue weighted by Crippen LogP contribution is -2.30. The zero-order chi connectivity index (χ0) is 14.4. The number of likely N-dealkylation sites (N-methyl/N-ethyl adjacent to an activating group) is 1. The smallest absolute Gasteiger partial charge is 0.155 e. The molecule has 1 aliphatic carbocycles. The summed E-state index contributed by atoms with van der Waals surface area (Å²) in [6.45, 7) is 16.1. The van der Waals surface area contributed by atoms with Crippen molar-refractivity contribution in [1.82, 2.24) is 4.90 Å². The Balaban J connectivity index is 2.45. The summed E-state index contributed by atoms with van der Waals surface area (Å²) in [6.07, 6.45) is 6.28. The summed E-state index contributed by atoms with van der Waals surface area (Å²) in [7, 11) is 4.52. The van der Waals surface area contributed by atoms with Crippen molar-refractivity contribution in [2.45, 2.75) is 52.8 Å². The highest BCUT2D eigenvalue weighted by atomic mass is 15.1. The van der Waals surface area contributed by atoms with Crippen molar-refractivity contribution in [3.05, 3.63) is 35.5 Å². The minimum Gasteiger partial charge on any atom is -0.375 e. The Hall–Kier alpha value is -0.915. The second-order valence-corrected chi connectivity index (χ2v) is 6.02. The second-order valence-electron chi connectivity index (χ2n) is 6.02. The van der Waals surface area contributed by atoms with E-state index in [1.165, 1.54) is 36.9 Å². The molecule has 1 radical (unpaired) electrons. The summed E-state index contributed by atoms with van der Waals surface area (Å²) in [4.78, 5) is 2.32. The molecule has 0 amide bonds. The first-order valence-electron chi connectivity index (χ1n) is 7.66. The summed E-state index contributed by atoms with van der Waals surface area (Å²) in [5.74, 6) is 0.823. The number of allylic oxidation sites excluding steroid dienone is 2. The van der Waals surface area contributed by atoms with Gasteiger partial charge in [0.15, 0.2) is 7.28 Å². The molecule has 1 nitrogen and oxygen atoms in total. The quantitative estimate of drug-likeness (QED) is 0.431. The van der Waals surface area contributed by atoms with Crippen LogP contribution in [0.3, 0.4) is 0 Å². The van der Waals surface area contributed by atoms with Gasteiger partial charge in [-0.15, -0.1) is 0 Å². The van der Waals surface area contributed by atoms with E-state index < -0.39 is 0 Å². The van der Waals surface area contributed by atoms with Gasteiger partial charge in [-0.3, -0.25) is 0 Å². The number of hydrogen-bond donors (Lipinski definition) is 0. The lowest BCUT2D eigenvalue weighted by atomic mass is 9.55. The predicted octanol–water partition coefficient (Wildman–Crippen LogP) is 4.61. The minimum absolute atomic E-state index is 0.823. The molecule has 0 N–H and O–H groups in total. The maximum atomic E-state index is 4.13. The van der Waals surface area contributed by atoms with Gasteiger partial charge in [0.1, 0.15) is 0 Å². The fourth-order valence-corrected chi connectivity index (χ4v) is 2.59. The molecular weight excluding hydrogens is 229 g/mol. The fraction of sp³-hybridized carbons (Fsp3) is 0.647. The second kappa shape index (κ2) is 7.62. The highest BCUT2D eigenvalue weighted by molar-refractivity contribution is 6.49. The van der Waals surface area contributed by atoms with Gasteiger partial charge in [-0.2, -0.15) is 0 Å². The van der Waals surface area contributed by atoms with Crippen LogP contribution in [0.25, 0.3) is 0 Å². The molecule has 0 spiro atoms. The van der Waals surface area contributed by atoms with Gasteiger partial charge in [-0.1, -0.05) is 65.0 Å². The van der Waals surface area contributed by atoms with Gasteiger partial charge in [0.2, 0.25) is 0 Å².